The quantitative estimate of drug-likeness (QED) is 0.735. The number of hydrogen-bond acceptors (Lipinski definition) is 3. The number of aliphatic carboxylic acids is 2. The van der Waals surface area contributed by atoms with Crippen LogP contribution < -0.4 is 0 Å². The first kappa shape index (κ1) is 12.4. The van der Waals surface area contributed by atoms with Crippen LogP contribution in [-0.2, 0) is 9.59 Å². The molecule has 16 heavy (non-hydrogen) atoms. The molecule has 88 valence electrons. The number of hydrogen-bond donors (Lipinski definition) is 2. The summed E-state index contributed by atoms with van der Waals surface area (Å²) in [6, 6.07) is -0.674. The van der Waals surface area contributed by atoms with Gasteiger partial charge in [-0.15, -0.1) is 0 Å². The highest BCUT2D eigenvalue weighted by Gasteiger charge is 2.45. The maximum absolute atomic E-state index is 11.3. The lowest BCUT2D eigenvalue weighted by Gasteiger charge is -2.38. The van der Waals surface area contributed by atoms with Gasteiger partial charge in [-0.3, -0.25) is 4.79 Å². The summed E-state index contributed by atoms with van der Waals surface area (Å²) in [7, 11) is 3.34. The first-order valence-electron chi connectivity index (χ1n) is 4.83. The molecule has 0 heterocycles. The van der Waals surface area contributed by atoms with E-state index in [1.807, 2.05) is 0 Å². The molecule has 0 aromatic carbocycles. The summed E-state index contributed by atoms with van der Waals surface area (Å²) >= 11 is 0. The number of allylic oxidation sites excluding steroid dienone is 2. The highest BCUT2D eigenvalue weighted by atomic mass is 16.4. The predicted octanol–water partition coefficient (Wildman–Crippen LogP) is 0.588. The molecule has 0 amide bonds. The van der Waals surface area contributed by atoms with Gasteiger partial charge >= 0.3 is 11.9 Å². The molecule has 1 aliphatic carbocycles. The molecule has 2 unspecified atom stereocenters. The first-order valence-corrected chi connectivity index (χ1v) is 4.83. The van der Waals surface area contributed by atoms with E-state index in [0.717, 1.165) is 0 Å². The number of carbonyl (C=O) groups is 2. The summed E-state index contributed by atoms with van der Waals surface area (Å²) in [4.78, 5) is 23.9. The number of carboxylic acid groups (broad SMARTS) is 2. The van der Waals surface area contributed by atoms with E-state index in [-0.39, 0.29) is 5.57 Å². The zero-order valence-electron chi connectivity index (χ0n) is 9.47. The standard InChI is InChI=1S/C11H15NO4/c1-11(10(15)16)6-4-5-7(9(13)14)8(11)12(2)3/h4-6,8H,1-3H3,(H,13,14)(H,15,16). The predicted molar refractivity (Wildman–Crippen MR) is 58.1 cm³/mol. The Bertz CT molecular complexity index is 383. The second-order valence-corrected chi connectivity index (χ2v) is 4.24. The van der Waals surface area contributed by atoms with Crippen molar-refractivity contribution in [2.75, 3.05) is 14.1 Å². The molecule has 1 rings (SSSR count). The van der Waals surface area contributed by atoms with Crippen LogP contribution in [0.5, 0.6) is 0 Å². The number of likely N-dealkylation sites (N-methyl/N-ethyl adjacent to an activating group) is 1. The second-order valence-electron chi connectivity index (χ2n) is 4.24. The fourth-order valence-electron chi connectivity index (χ4n) is 2.05. The van der Waals surface area contributed by atoms with Crippen molar-refractivity contribution in [3.05, 3.63) is 23.8 Å². The van der Waals surface area contributed by atoms with Crippen LogP contribution in [0, 0.1) is 5.41 Å². The van der Waals surface area contributed by atoms with Crippen LogP contribution in [0.2, 0.25) is 0 Å². The smallest absolute Gasteiger partial charge is 0.333 e. The van der Waals surface area contributed by atoms with Gasteiger partial charge in [-0.05, 0) is 21.0 Å². The Hall–Kier alpha value is -1.62. The summed E-state index contributed by atoms with van der Waals surface area (Å²) in [5.41, 5.74) is -1.12. The average molecular weight is 225 g/mol. The lowest BCUT2D eigenvalue weighted by atomic mass is 9.74. The lowest BCUT2D eigenvalue weighted by Crippen LogP contribution is -2.50. The van der Waals surface area contributed by atoms with Crippen LogP contribution in [-0.4, -0.2) is 47.2 Å². The minimum atomic E-state index is -1.22. The van der Waals surface area contributed by atoms with E-state index in [4.69, 9.17) is 5.11 Å². The zero-order valence-corrected chi connectivity index (χ0v) is 9.47. The van der Waals surface area contributed by atoms with E-state index >= 15 is 0 Å². The molecule has 2 atom stereocenters. The van der Waals surface area contributed by atoms with Crippen LogP contribution in [0.15, 0.2) is 23.8 Å². The second kappa shape index (κ2) is 4.09. The Kier molecular flexibility index (Phi) is 3.19. The van der Waals surface area contributed by atoms with Crippen molar-refractivity contribution in [3.8, 4) is 0 Å². The Morgan fingerprint density at radius 3 is 2.31 bits per heavy atom. The van der Waals surface area contributed by atoms with Gasteiger partial charge < -0.3 is 15.1 Å². The topological polar surface area (TPSA) is 77.8 Å². The van der Waals surface area contributed by atoms with E-state index in [0.29, 0.717) is 0 Å². The van der Waals surface area contributed by atoms with E-state index in [1.165, 1.54) is 25.2 Å². The van der Waals surface area contributed by atoms with Gasteiger partial charge in [-0.1, -0.05) is 18.2 Å². The Morgan fingerprint density at radius 2 is 1.94 bits per heavy atom. The highest BCUT2D eigenvalue weighted by molar-refractivity contribution is 5.92. The third kappa shape index (κ3) is 1.86. The monoisotopic (exact) mass is 225 g/mol. The lowest BCUT2D eigenvalue weighted by molar-refractivity contribution is -0.148. The minimum absolute atomic E-state index is 0.0948. The Labute approximate surface area is 93.7 Å². The molecular weight excluding hydrogens is 210 g/mol. The van der Waals surface area contributed by atoms with Crippen LogP contribution in [0.25, 0.3) is 0 Å². The van der Waals surface area contributed by atoms with Gasteiger partial charge in [0.05, 0.1) is 11.6 Å². The molecule has 0 aromatic heterocycles. The molecule has 0 fully saturated rings. The molecule has 1 aliphatic rings. The molecule has 2 N–H and O–H groups in total. The summed E-state index contributed by atoms with van der Waals surface area (Å²) in [6.07, 6.45) is 4.45. The number of rotatable bonds is 3. The average Bonchev–Trinajstić information content (AvgIpc) is 2.16. The zero-order chi connectivity index (χ0) is 12.5. The first-order chi connectivity index (χ1) is 7.30. The van der Waals surface area contributed by atoms with E-state index in [2.05, 4.69) is 0 Å². The van der Waals surface area contributed by atoms with E-state index in [1.54, 1.807) is 19.0 Å². The number of carboxylic acids is 2. The molecule has 0 bridgehead atoms. The molecule has 5 nitrogen and oxygen atoms in total. The highest BCUT2D eigenvalue weighted by Crippen LogP contribution is 2.34. The maximum Gasteiger partial charge on any atom is 0.333 e. The molecule has 0 radical (unpaired) electrons. The summed E-state index contributed by atoms with van der Waals surface area (Å²) < 4.78 is 0. The molecule has 0 saturated heterocycles. The molecular formula is C11H15NO4. The van der Waals surface area contributed by atoms with Crippen LogP contribution in [0.4, 0.5) is 0 Å². The Morgan fingerprint density at radius 1 is 1.38 bits per heavy atom. The molecule has 0 saturated carbocycles. The van der Waals surface area contributed by atoms with Crippen LogP contribution >= 0.6 is 0 Å². The summed E-state index contributed by atoms with van der Waals surface area (Å²) in [6.45, 7) is 1.52. The van der Waals surface area contributed by atoms with Crippen molar-refractivity contribution in [3.63, 3.8) is 0 Å². The van der Waals surface area contributed by atoms with E-state index in [9.17, 15) is 14.7 Å². The fourth-order valence-corrected chi connectivity index (χ4v) is 2.05. The third-order valence-corrected chi connectivity index (χ3v) is 2.81. The molecule has 5 heteroatoms. The van der Waals surface area contributed by atoms with Crippen molar-refractivity contribution >= 4 is 11.9 Å². The van der Waals surface area contributed by atoms with Gasteiger partial charge in [0.1, 0.15) is 5.41 Å². The van der Waals surface area contributed by atoms with Crippen molar-refractivity contribution in [1.29, 1.82) is 0 Å². The molecule has 0 aliphatic heterocycles. The third-order valence-electron chi connectivity index (χ3n) is 2.81. The van der Waals surface area contributed by atoms with Gasteiger partial charge in [0, 0.05) is 0 Å². The minimum Gasteiger partial charge on any atom is -0.481 e. The maximum atomic E-state index is 11.3. The Balaban J connectivity index is 3.27. The van der Waals surface area contributed by atoms with Crippen molar-refractivity contribution in [2.45, 2.75) is 13.0 Å². The van der Waals surface area contributed by atoms with Crippen molar-refractivity contribution in [1.82, 2.24) is 4.90 Å². The number of nitrogens with zero attached hydrogens (tertiary/aromatic N) is 1. The van der Waals surface area contributed by atoms with Crippen molar-refractivity contribution in [2.24, 2.45) is 5.41 Å². The SMILES string of the molecule is CN(C)C1C(C(=O)O)=CC=CC1(C)C(=O)O. The molecule has 0 spiro atoms. The summed E-state index contributed by atoms with van der Waals surface area (Å²) in [5, 5.41) is 18.3. The van der Waals surface area contributed by atoms with Crippen molar-refractivity contribution < 1.29 is 19.8 Å². The summed E-state index contributed by atoms with van der Waals surface area (Å²) in [5.74, 6) is -2.12. The van der Waals surface area contributed by atoms with Gasteiger partial charge in [-0.2, -0.15) is 0 Å². The van der Waals surface area contributed by atoms with Gasteiger partial charge in [0.2, 0.25) is 0 Å². The van der Waals surface area contributed by atoms with Crippen LogP contribution in [0.3, 0.4) is 0 Å². The molecule has 0 aromatic rings. The largest absolute Gasteiger partial charge is 0.481 e. The normalized spacial score (nSPS) is 29.0. The van der Waals surface area contributed by atoms with Gasteiger partial charge in [0.25, 0.3) is 0 Å². The fraction of sp³-hybridized carbons (Fsp3) is 0.455. The van der Waals surface area contributed by atoms with Crippen LogP contribution in [0.1, 0.15) is 6.92 Å². The van der Waals surface area contributed by atoms with E-state index < -0.39 is 23.4 Å². The van der Waals surface area contributed by atoms with Gasteiger partial charge in [-0.25, -0.2) is 4.79 Å². The van der Waals surface area contributed by atoms with Gasteiger partial charge in [0.15, 0.2) is 0 Å².